The van der Waals surface area contributed by atoms with Gasteiger partial charge in [-0.05, 0) is 36.4 Å². The molecule has 0 bridgehead atoms. The number of pyridine rings is 1. The molecule has 0 radical (unpaired) electrons. The maximum absolute atomic E-state index is 9.48. The summed E-state index contributed by atoms with van der Waals surface area (Å²) in [6, 6.07) is 11.7. The van der Waals surface area contributed by atoms with E-state index in [1.807, 2.05) is 36.4 Å². The van der Waals surface area contributed by atoms with Crippen LogP contribution in [-0.2, 0) is 0 Å². The minimum Gasteiger partial charge on any atom is -0.389 e. The van der Waals surface area contributed by atoms with E-state index in [4.69, 9.17) is 0 Å². The highest BCUT2D eigenvalue weighted by Crippen LogP contribution is 2.29. The highest BCUT2D eigenvalue weighted by molar-refractivity contribution is 7.99. The van der Waals surface area contributed by atoms with Crippen molar-refractivity contribution in [3.63, 3.8) is 0 Å². The SMILES string of the molecule is C[C@@H](O)c1ccc(Sc2ncnc3ccccc23)nc1. The molecule has 2 aromatic heterocycles. The van der Waals surface area contributed by atoms with Crippen LogP contribution in [0.2, 0.25) is 0 Å². The summed E-state index contributed by atoms with van der Waals surface area (Å²) in [7, 11) is 0. The first-order chi connectivity index (χ1) is 9.74. The van der Waals surface area contributed by atoms with Crippen molar-refractivity contribution in [1.82, 2.24) is 15.0 Å². The van der Waals surface area contributed by atoms with E-state index in [1.54, 1.807) is 19.4 Å². The van der Waals surface area contributed by atoms with Gasteiger partial charge in [-0.2, -0.15) is 0 Å². The Morgan fingerprint density at radius 2 is 1.90 bits per heavy atom. The van der Waals surface area contributed by atoms with Crippen molar-refractivity contribution in [2.24, 2.45) is 0 Å². The van der Waals surface area contributed by atoms with Gasteiger partial charge in [0.25, 0.3) is 0 Å². The second-order valence-electron chi connectivity index (χ2n) is 4.40. The number of aromatic nitrogens is 3. The van der Waals surface area contributed by atoms with E-state index in [2.05, 4.69) is 15.0 Å². The molecule has 5 heteroatoms. The van der Waals surface area contributed by atoms with Gasteiger partial charge in [-0.3, -0.25) is 0 Å². The molecule has 1 N–H and O–H groups in total. The van der Waals surface area contributed by atoms with Crippen molar-refractivity contribution < 1.29 is 5.11 Å². The standard InChI is InChI=1S/C15H13N3OS/c1-10(19)11-6-7-14(16-8-11)20-15-12-4-2-3-5-13(12)17-9-18-15/h2-10,19H,1H3/t10-/m1/s1. The van der Waals surface area contributed by atoms with Gasteiger partial charge in [0, 0.05) is 11.6 Å². The maximum Gasteiger partial charge on any atom is 0.117 e. The lowest BCUT2D eigenvalue weighted by Gasteiger charge is -2.06. The smallest absolute Gasteiger partial charge is 0.117 e. The fourth-order valence-corrected chi connectivity index (χ4v) is 2.68. The molecule has 0 saturated carbocycles. The van der Waals surface area contributed by atoms with Crippen LogP contribution in [0, 0.1) is 0 Å². The Hall–Kier alpha value is -1.98. The summed E-state index contributed by atoms with van der Waals surface area (Å²) in [6.07, 6.45) is 2.76. The average molecular weight is 283 g/mol. The Labute approximate surface area is 120 Å². The molecule has 0 amide bonds. The first-order valence-corrected chi connectivity index (χ1v) is 7.07. The van der Waals surface area contributed by atoms with Crippen LogP contribution < -0.4 is 0 Å². The van der Waals surface area contributed by atoms with E-state index >= 15 is 0 Å². The van der Waals surface area contributed by atoms with E-state index in [0.717, 1.165) is 26.5 Å². The van der Waals surface area contributed by atoms with Crippen LogP contribution in [0.5, 0.6) is 0 Å². The highest BCUT2D eigenvalue weighted by atomic mass is 32.2. The van der Waals surface area contributed by atoms with Crippen molar-refractivity contribution in [1.29, 1.82) is 0 Å². The molecular formula is C15H13N3OS. The zero-order chi connectivity index (χ0) is 13.9. The normalized spacial score (nSPS) is 12.5. The molecule has 0 aliphatic rings. The zero-order valence-electron chi connectivity index (χ0n) is 10.9. The molecule has 0 aliphatic heterocycles. The molecular weight excluding hydrogens is 270 g/mol. The summed E-state index contributed by atoms with van der Waals surface area (Å²) < 4.78 is 0. The summed E-state index contributed by atoms with van der Waals surface area (Å²) in [6.45, 7) is 1.72. The van der Waals surface area contributed by atoms with Crippen LogP contribution >= 0.6 is 11.8 Å². The number of aliphatic hydroxyl groups is 1. The predicted molar refractivity (Wildman–Crippen MR) is 78.5 cm³/mol. The number of para-hydroxylation sites is 1. The van der Waals surface area contributed by atoms with Crippen molar-refractivity contribution in [3.05, 3.63) is 54.5 Å². The van der Waals surface area contributed by atoms with Gasteiger partial charge >= 0.3 is 0 Å². The Bertz CT molecular complexity index is 723. The highest BCUT2D eigenvalue weighted by Gasteiger charge is 2.07. The molecule has 2 heterocycles. The summed E-state index contributed by atoms with van der Waals surface area (Å²) in [5.74, 6) is 0. The second-order valence-corrected chi connectivity index (χ2v) is 5.41. The number of hydrogen-bond donors (Lipinski definition) is 1. The largest absolute Gasteiger partial charge is 0.389 e. The maximum atomic E-state index is 9.48. The average Bonchev–Trinajstić information content (AvgIpc) is 2.48. The minimum absolute atomic E-state index is 0.499. The molecule has 100 valence electrons. The van der Waals surface area contributed by atoms with Crippen molar-refractivity contribution in [2.75, 3.05) is 0 Å². The van der Waals surface area contributed by atoms with Gasteiger partial charge < -0.3 is 5.11 Å². The molecule has 0 fully saturated rings. The molecule has 4 nitrogen and oxygen atoms in total. The van der Waals surface area contributed by atoms with Crippen LogP contribution in [0.1, 0.15) is 18.6 Å². The quantitative estimate of drug-likeness (QED) is 0.748. The lowest BCUT2D eigenvalue weighted by molar-refractivity contribution is 0.198. The second kappa shape index (κ2) is 5.56. The number of rotatable bonds is 3. The lowest BCUT2D eigenvalue weighted by Crippen LogP contribution is -1.92. The first-order valence-electron chi connectivity index (χ1n) is 6.25. The van der Waals surface area contributed by atoms with Crippen molar-refractivity contribution in [2.45, 2.75) is 23.1 Å². The summed E-state index contributed by atoms with van der Waals surface area (Å²) >= 11 is 1.49. The molecule has 0 spiro atoms. The predicted octanol–water partition coefficient (Wildman–Crippen LogP) is 3.23. The Morgan fingerprint density at radius 3 is 2.65 bits per heavy atom. The van der Waals surface area contributed by atoms with Crippen LogP contribution in [0.3, 0.4) is 0 Å². The molecule has 3 aromatic rings. The Morgan fingerprint density at radius 1 is 1.05 bits per heavy atom. The molecule has 1 atom stereocenters. The van der Waals surface area contributed by atoms with Gasteiger partial charge in [0.15, 0.2) is 0 Å². The lowest BCUT2D eigenvalue weighted by atomic mass is 10.2. The van der Waals surface area contributed by atoms with Gasteiger partial charge in [-0.15, -0.1) is 0 Å². The van der Waals surface area contributed by atoms with Gasteiger partial charge in [0.1, 0.15) is 16.4 Å². The molecule has 20 heavy (non-hydrogen) atoms. The van der Waals surface area contributed by atoms with Crippen LogP contribution in [-0.4, -0.2) is 20.1 Å². The molecule has 0 aliphatic carbocycles. The minimum atomic E-state index is -0.499. The van der Waals surface area contributed by atoms with E-state index in [9.17, 15) is 5.11 Å². The molecule has 0 saturated heterocycles. The van der Waals surface area contributed by atoms with Gasteiger partial charge in [-0.25, -0.2) is 15.0 Å². The monoisotopic (exact) mass is 283 g/mol. The summed E-state index contributed by atoms with van der Waals surface area (Å²) in [4.78, 5) is 12.9. The number of hydrogen-bond acceptors (Lipinski definition) is 5. The van der Waals surface area contributed by atoms with Gasteiger partial charge in [0.05, 0.1) is 11.6 Å². The third-order valence-electron chi connectivity index (χ3n) is 2.95. The fourth-order valence-electron chi connectivity index (χ4n) is 1.86. The molecule has 3 rings (SSSR count). The van der Waals surface area contributed by atoms with Crippen LogP contribution in [0.4, 0.5) is 0 Å². The third kappa shape index (κ3) is 2.64. The number of benzene rings is 1. The number of fused-ring (bicyclic) bond motifs is 1. The third-order valence-corrected chi connectivity index (χ3v) is 3.92. The van der Waals surface area contributed by atoms with E-state index in [1.165, 1.54) is 11.8 Å². The van der Waals surface area contributed by atoms with Gasteiger partial charge in [0.2, 0.25) is 0 Å². The first kappa shape index (κ1) is 13.0. The number of nitrogens with zero attached hydrogens (tertiary/aromatic N) is 3. The van der Waals surface area contributed by atoms with Gasteiger partial charge in [-0.1, -0.05) is 24.3 Å². The summed E-state index contributed by atoms with van der Waals surface area (Å²) in [5, 5.41) is 12.2. The van der Waals surface area contributed by atoms with E-state index in [-0.39, 0.29) is 0 Å². The van der Waals surface area contributed by atoms with E-state index < -0.39 is 6.10 Å². The Balaban J connectivity index is 1.93. The van der Waals surface area contributed by atoms with Crippen LogP contribution in [0.25, 0.3) is 10.9 Å². The fraction of sp³-hybridized carbons (Fsp3) is 0.133. The van der Waals surface area contributed by atoms with E-state index in [0.29, 0.717) is 0 Å². The number of aliphatic hydroxyl groups excluding tert-OH is 1. The zero-order valence-corrected chi connectivity index (χ0v) is 11.7. The van der Waals surface area contributed by atoms with Crippen LogP contribution in [0.15, 0.2) is 59.0 Å². The molecule has 0 unspecified atom stereocenters. The molecule has 1 aromatic carbocycles. The summed E-state index contributed by atoms with van der Waals surface area (Å²) in [5.41, 5.74) is 1.73. The topological polar surface area (TPSA) is 58.9 Å². The Kier molecular flexibility index (Phi) is 3.62. The van der Waals surface area contributed by atoms with Crippen molar-refractivity contribution >= 4 is 22.7 Å². The van der Waals surface area contributed by atoms with Crippen molar-refractivity contribution in [3.8, 4) is 0 Å².